The molecular weight excluding hydrogens is 306 g/mol. The lowest BCUT2D eigenvalue weighted by molar-refractivity contribution is 0.0498. The maximum Gasteiger partial charge on any atom is 0.0844 e. The van der Waals surface area contributed by atoms with Crippen molar-refractivity contribution in [1.29, 1.82) is 0 Å². The molecule has 1 aliphatic heterocycles. The molecule has 108 valence electrons. The van der Waals surface area contributed by atoms with Crippen LogP contribution in [0.15, 0.2) is 4.47 Å². The molecule has 1 aromatic rings. The Bertz CT molecular complexity index is 448. The van der Waals surface area contributed by atoms with Crippen LogP contribution in [0.1, 0.15) is 38.6 Å². The van der Waals surface area contributed by atoms with Crippen molar-refractivity contribution in [2.75, 3.05) is 13.6 Å². The van der Waals surface area contributed by atoms with Crippen LogP contribution in [0.25, 0.3) is 0 Å². The van der Waals surface area contributed by atoms with E-state index in [2.05, 4.69) is 53.7 Å². The zero-order chi connectivity index (χ0) is 14.2. The first-order valence-corrected chi connectivity index (χ1v) is 7.86. The van der Waals surface area contributed by atoms with Gasteiger partial charge in [0.25, 0.3) is 0 Å². The van der Waals surface area contributed by atoms with E-state index >= 15 is 0 Å². The van der Waals surface area contributed by atoms with Crippen molar-refractivity contribution in [2.45, 2.75) is 58.2 Å². The van der Waals surface area contributed by atoms with Crippen LogP contribution in [-0.4, -0.2) is 45.0 Å². The normalized spacial score (nSPS) is 28.2. The van der Waals surface area contributed by atoms with Gasteiger partial charge in [-0.15, -0.1) is 0 Å². The number of aliphatic hydroxyl groups is 1. The molecule has 0 aliphatic carbocycles. The molecule has 4 nitrogen and oxygen atoms in total. The Morgan fingerprint density at radius 3 is 2.63 bits per heavy atom. The Morgan fingerprint density at radius 1 is 1.47 bits per heavy atom. The number of hydrogen-bond acceptors (Lipinski definition) is 3. The molecule has 2 unspecified atom stereocenters. The summed E-state index contributed by atoms with van der Waals surface area (Å²) in [4.78, 5) is 2.22. The lowest BCUT2D eigenvalue weighted by Crippen LogP contribution is -2.35. The summed E-state index contributed by atoms with van der Waals surface area (Å²) in [7, 11) is 2.08. The monoisotopic (exact) mass is 329 g/mol. The number of aromatic nitrogens is 2. The van der Waals surface area contributed by atoms with E-state index in [1.165, 1.54) is 0 Å². The van der Waals surface area contributed by atoms with Crippen LogP contribution in [0.2, 0.25) is 0 Å². The number of nitrogens with zero attached hydrogens (tertiary/aromatic N) is 3. The minimum Gasteiger partial charge on any atom is -0.388 e. The Kier molecular flexibility index (Phi) is 4.38. The molecule has 0 aromatic carbocycles. The zero-order valence-corrected chi connectivity index (χ0v) is 13.9. The standard InChI is InChI=1S/C14H24BrN3O/c1-5-11-13(15)12(18(6-2)16-11)8-14(19)7-10(3)17(4)9-14/h10,19H,5-9H2,1-4H3. The molecule has 1 saturated heterocycles. The summed E-state index contributed by atoms with van der Waals surface area (Å²) >= 11 is 3.66. The molecule has 2 atom stereocenters. The first-order valence-electron chi connectivity index (χ1n) is 7.07. The van der Waals surface area contributed by atoms with E-state index < -0.39 is 5.60 Å². The largest absolute Gasteiger partial charge is 0.388 e. The number of likely N-dealkylation sites (N-methyl/N-ethyl adjacent to an activating group) is 1. The quantitative estimate of drug-likeness (QED) is 0.920. The second kappa shape index (κ2) is 5.54. The molecule has 0 radical (unpaired) electrons. The molecule has 1 aliphatic rings. The van der Waals surface area contributed by atoms with E-state index in [4.69, 9.17) is 0 Å². The van der Waals surface area contributed by atoms with Gasteiger partial charge in [0.15, 0.2) is 0 Å². The molecule has 2 heterocycles. The fourth-order valence-corrected chi connectivity index (χ4v) is 3.72. The summed E-state index contributed by atoms with van der Waals surface area (Å²) < 4.78 is 3.09. The molecular formula is C14H24BrN3O. The summed E-state index contributed by atoms with van der Waals surface area (Å²) in [6.45, 7) is 7.95. The highest BCUT2D eigenvalue weighted by Crippen LogP contribution is 2.32. The highest BCUT2D eigenvalue weighted by Gasteiger charge is 2.40. The number of β-amino-alcohol motifs (C(OH)–C–C–N with tert-alkyl or cyclic N) is 1. The number of hydrogen-bond donors (Lipinski definition) is 1. The Morgan fingerprint density at radius 2 is 2.16 bits per heavy atom. The van der Waals surface area contributed by atoms with E-state index in [0.29, 0.717) is 12.5 Å². The fourth-order valence-electron chi connectivity index (χ4n) is 3.02. The van der Waals surface area contributed by atoms with Crippen molar-refractivity contribution >= 4 is 15.9 Å². The van der Waals surface area contributed by atoms with Crippen LogP contribution in [0.3, 0.4) is 0 Å². The van der Waals surface area contributed by atoms with E-state index in [-0.39, 0.29) is 0 Å². The summed E-state index contributed by atoms with van der Waals surface area (Å²) in [6, 6.07) is 0.437. The van der Waals surface area contributed by atoms with Gasteiger partial charge in [-0.2, -0.15) is 5.10 Å². The van der Waals surface area contributed by atoms with Crippen molar-refractivity contribution in [3.05, 3.63) is 15.9 Å². The minimum absolute atomic E-state index is 0.437. The first-order chi connectivity index (χ1) is 8.90. The maximum absolute atomic E-state index is 10.8. The summed E-state index contributed by atoms with van der Waals surface area (Å²) in [5.41, 5.74) is 1.58. The topological polar surface area (TPSA) is 41.3 Å². The van der Waals surface area contributed by atoms with Crippen molar-refractivity contribution in [1.82, 2.24) is 14.7 Å². The molecule has 0 saturated carbocycles. The number of rotatable bonds is 4. The van der Waals surface area contributed by atoms with Gasteiger partial charge >= 0.3 is 0 Å². The van der Waals surface area contributed by atoms with Crippen molar-refractivity contribution in [3.63, 3.8) is 0 Å². The van der Waals surface area contributed by atoms with Crippen LogP contribution in [-0.2, 0) is 19.4 Å². The Balaban J connectivity index is 2.26. The average molecular weight is 330 g/mol. The van der Waals surface area contributed by atoms with Crippen LogP contribution >= 0.6 is 15.9 Å². The van der Waals surface area contributed by atoms with E-state index in [1.807, 2.05) is 4.68 Å². The fraction of sp³-hybridized carbons (Fsp3) is 0.786. The number of likely N-dealkylation sites (tertiary alicyclic amines) is 1. The smallest absolute Gasteiger partial charge is 0.0844 e. The van der Waals surface area contributed by atoms with Gasteiger partial charge in [0.1, 0.15) is 0 Å². The lowest BCUT2D eigenvalue weighted by atomic mass is 9.94. The summed E-state index contributed by atoms with van der Waals surface area (Å²) in [5.74, 6) is 0. The molecule has 2 rings (SSSR count). The highest BCUT2D eigenvalue weighted by molar-refractivity contribution is 9.10. The summed E-state index contributed by atoms with van der Waals surface area (Å²) in [5, 5.41) is 15.4. The van der Waals surface area contributed by atoms with Crippen molar-refractivity contribution < 1.29 is 5.11 Å². The van der Waals surface area contributed by atoms with Crippen LogP contribution in [0.4, 0.5) is 0 Å². The maximum atomic E-state index is 10.8. The molecule has 19 heavy (non-hydrogen) atoms. The van der Waals surface area contributed by atoms with Crippen LogP contribution in [0.5, 0.6) is 0 Å². The molecule has 1 N–H and O–H groups in total. The Labute approximate surface area is 123 Å². The molecule has 1 aromatic heterocycles. The second-order valence-electron chi connectivity index (χ2n) is 5.75. The SMILES string of the molecule is CCc1nn(CC)c(CC2(O)CC(C)N(C)C2)c1Br. The molecule has 1 fully saturated rings. The van der Waals surface area contributed by atoms with Crippen LogP contribution < -0.4 is 0 Å². The average Bonchev–Trinajstić information content (AvgIpc) is 2.78. The van der Waals surface area contributed by atoms with Gasteiger partial charge in [0.05, 0.1) is 21.5 Å². The van der Waals surface area contributed by atoms with Gasteiger partial charge < -0.3 is 10.0 Å². The minimum atomic E-state index is -0.630. The van der Waals surface area contributed by atoms with Gasteiger partial charge in [0.2, 0.25) is 0 Å². The third-order valence-electron chi connectivity index (χ3n) is 4.16. The molecule has 0 bridgehead atoms. The third-order valence-corrected chi connectivity index (χ3v) is 5.08. The van der Waals surface area contributed by atoms with E-state index in [1.54, 1.807) is 0 Å². The predicted octanol–water partition coefficient (Wildman–Crippen LogP) is 2.23. The second-order valence-corrected chi connectivity index (χ2v) is 6.54. The molecule has 0 amide bonds. The summed E-state index contributed by atoms with van der Waals surface area (Å²) in [6.07, 6.45) is 2.41. The van der Waals surface area contributed by atoms with Crippen molar-refractivity contribution in [3.8, 4) is 0 Å². The van der Waals surface area contributed by atoms with Crippen molar-refractivity contribution in [2.24, 2.45) is 0 Å². The van der Waals surface area contributed by atoms with E-state index in [0.717, 1.165) is 41.8 Å². The Hall–Kier alpha value is -0.390. The number of aryl methyl sites for hydroxylation is 2. The third kappa shape index (κ3) is 2.88. The molecule has 0 spiro atoms. The van der Waals surface area contributed by atoms with Gasteiger partial charge in [-0.1, -0.05) is 6.92 Å². The highest BCUT2D eigenvalue weighted by atomic mass is 79.9. The van der Waals surface area contributed by atoms with Gasteiger partial charge in [-0.3, -0.25) is 4.68 Å². The van der Waals surface area contributed by atoms with Crippen LogP contribution in [0, 0.1) is 0 Å². The lowest BCUT2D eigenvalue weighted by Gasteiger charge is -2.23. The van der Waals surface area contributed by atoms with Gasteiger partial charge in [-0.05, 0) is 49.7 Å². The molecule has 5 heteroatoms. The predicted molar refractivity (Wildman–Crippen MR) is 80.3 cm³/mol. The first kappa shape index (κ1) is 15.0. The number of halogens is 1. The van der Waals surface area contributed by atoms with E-state index in [9.17, 15) is 5.11 Å². The van der Waals surface area contributed by atoms with Gasteiger partial charge in [0, 0.05) is 25.6 Å². The van der Waals surface area contributed by atoms with Gasteiger partial charge in [-0.25, -0.2) is 0 Å². The zero-order valence-electron chi connectivity index (χ0n) is 12.3.